The van der Waals surface area contributed by atoms with Gasteiger partial charge in [0.15, 0.2) is 0 Å². The molecule has 2 N–H and O–H groups in total. The van der Waals surface area contributed by atoms with Crippen molar-refractivity contribution >= 4 is 16.6 Å². The highest BCUT2D eigenvalue weighted by Crippen LogP contribution is 2.26. The van der Waals surface area contributed by atoms with Crippen LogP contribution in [0.4, 0.5) is 5.69 Å². The zero-order chi connectivity index (χ0) is 13.9. The lowest BCUT2D eigenvalue weighted by Crippen LogP contribution is -2.39. The van der Waals surface area contributed by atoms with Gasteiger partial charge in [-0.1, -0.05) is 13.0 Å². The van der Waals surface area contributed by atoms with Gasteiger partial charge in [0.05, 0.1) is 11.7 Å². The number of hydrogen-bond acceptors (Lipinski definition) is 3. The van der Waals surface area contributed by atoms with Crippen molar-refractivity contribution in [1.82, 2.24) is 15.1 Å². The summed E-state index contributed by atoms with van der Waals surface area (Å²) in [5.74, 6) is 0.764. The average molecular weight is 272 g/mol. The molecule has 4 nitrogen and oxygen atoms in total. The molecule has 0 amide bonds. The van der Waals surface area contributed by atoms with Crippen molar-refractivity contribution in [3.05, 3.63) is 24.4 Å². The summed E-state index contributed by atoms with van der Waals surface area (Å²) < 4.78 is 0. The third-order valence-electron chi connectivity index (χ3n) is 4.65. The largest absolute Gasteiger partial charge is 0.382 e. The van der Waals surface area contributed by atoms with Crippen molar-refractivity contribution in [1.29, 1.82) is 0 Å². The standard InChI is InChI=1S/C16H24N4/c1-3-20-9-7-13(8-10-20)12(2)18-15-5-4-6-16-14(15)11-17-19-16/h4-6,11-13,18H,3,7-10H2,1-2H3,(H,17,19). The van der Waals surface area contributed by atoms with Crippen LogP contribution < -0.4 is 5.32 Å². The van der Waals surface area contributed by atoms with Gasteiger partial charge < -0.3 is 10.2 Å². The van der Waals surface area contributed by atoms with E-state index in [2.05, 4.69) is 52.5 Å². The third-order valence-corrected chi connectivity index (χ3v) is 4.65. The van der Waals surface area contributed by atoms with Gasteiger partial charge in [-0.05, 0) is 57.5 Å². The van der Waals surface area contributed by atoms with Crippen LogP contribution in [0.15, 0.2) is 24.4 Å². The molecule has 1 aromatic heterocycles. The van der Waals surface area contributed by atoms with E-state index in [1.807, 2.05) is 6.20 Å². The second-order valence-electron chi connectivity index (χ2n) is 5.84. The van der Waals surface area contributed by atoms with Crippen molar-refractivity contribution in [3.63, 3.8) is 0 Å². The second-order valence-corrected chi connectivity index (χ2v) is 5.84. The first-order chi connectivity index (χ1) is 9.78. The van der Waals surface area contributed by atoms with Gasteiger partial charge in [-0.3, -0.25) is 5.10 Å². The maximum absolute atomic E-state index is 4.13. The van der Waals surface area contributed by atoms with E-state index in [-0.39, 0.29) is 0 Å². The Balaban J connectivity index is 1.67. The number of anilines is 1. The zero-order valence-corrected chi connectivity index (χ0v) is 12.4. The normalized spacial score (nSPS) is 19.3. The molecule has 1 saturated heterocycles. The number of H-pyrrole nitrogens is 1. The van der Waals surface area contributed by atoms with Crippen LogP contribution in [0.5, 0.6) is 0 Å². The monoisotopic (exact) mass is 272 g/mol. The third kappa shape index (κ3) is 2.66. The fourth-order valence-corrected chi connectivity index (χ4v) is 3.23. The smallest absolute Gasteiger partial charge is 0.0671 e. The van der Waals surface area contributed by atoms with Gasteiger partial charge in [0.25, 0.3) is 0 Å². The molecule has 20 heavy (non-hydrogen) atoms. The highest BCUT2D eigenvalue weighted by molar-refractivity contribution is 5.90. The van der Waals surface area contributed by atoms with Crippen LogP contribution in [0.2, 0.25) is 0 Å². The first-order valence-electron chi connectivity index (χ1n) is 7.69. The summed E-state index contributed by atoms with van der Waals surface area (Å²) in [7, 11) is 0. The molecule has 1 fully saturated rings. The van der Waals surface area contributed by atoms with Crippen molar-refractivity contribution in [2.75, 3.05) is 25.0 Å². The molecule has 0 bridgehead atoms. The van der Waals surface area contributed by atoms with E-state index in [1.54, 1.807) is 0 Å². The number of aromatic nitrogens is 2. The van der Waals surface area contributed by atoms with Crippen molar-refractivity contribution in [2.45, 2.75) is 32.7 Å². The molecule has 3 rings (SSSR count). The van der Waals surface area contributed by atoms with Crippen LogP contribution in [0, 0.1) is 5.92 Å². The summed E-state index contributed by atoms with van der Waals surface area (Å²) in [5.41, 5.74) is 2.30. The van der Waals surface area contributed by atoms with Crippen LogP contribution in [0.1, 0.15) is 26.7 Å². The molecule has 108 valence electrons. The highest BCUT2D eigenvalue weighted by atomic mass is 15.1. The fourth-order valence-electron chi connectivity index (χ4n) is 3.23. The molecule has 0 spiro atoms. The molecule has 1 aliphatic rings. The lowest BCUT2D eigenvalue weighted by Gasteiger charge is -2.35. The fraction of sp³-hybridized carbons (Fsp3) is 0.562. The van der Waals surface area contributed by atoms with E-state index < -0.39 is 0 Å². The number of rotatable bonds is 4. The summed E-state index contributed by atoms with van der Waals surface area (Å²) in [6, 6.07) is 6.80. The summed E-state index contributed by atoms with van der Waals surface area (Å²) >= 11 is 0. The SMILES string of the molecule is CCN1CCC(C(C)Nc2cccc3[nH]ncc23)CC1. The minimum atomic E-state index is 0.509. The van der Waals surface area contributed by atoms with Crippen molar-refractivity contribution in [2.24, 2.45) is 5.92 Å². The molecular formula is C16H24N4. The Kier molecular flexibility index (Phi) is 3.92. The van der Waals surface area contributed by atoms with Gasteiger partial charge in [-0.2, -0.15) is 5.10 Å². The first-order valence-corrected chi connectivity index (χ1v) is 7.69. The van der Waals surface area contributed by atoms with Gasteiger partial charge in [0.1, 0.15) is 0 Å². The Morgan fingerprint density at radius 3 is 2.95 bits per heavy atom. The van der Waals surface area contributed by atoms with Crippen LogP contribution >= 0.6 is 0 Å². The Morgan fingerprint density at radius 2 is 2.20 bits per heavy atom. The number of nitrogens with zero attached hydrogens (tertiary/aromatic N) is 2. The van der Waals surface area contributed by atoms with E-state index in [0.717, 1.165) is 11.4 Å². The first kappa shape index (κ1) is 13.4. The van der Waals surface area contributed by atoms with Crippen LogP contribution in [0.3, 0.4) is 0 Å². The summed E-state index contributed by atoms with van der Waals surface area (Å²) in [4.78, 5) is 2.54. The molecule has 2 heterocycles. The van der Waals surface area contributed by atoms with Gasteiger partial charge in [0, 0.05) is 17.1 Å². The molecule has 0 saturated carbocycles. The molecular weight excluding hydrogens is 248 g/mol. The Hall–Kier alpha value is -1.55. The van der Waals surface area contributed by atoms with E-state index in [0.29, 0.717) is 6.04 Å². The number of aromatic amines is 1. The summed E-state index contributed by atoms with van der Waals surface area (Å²) in [5, 5.41) is 12.0. The zero-order valence-electron chi connectivity index (χ0n) is 12.4. The van der Waals surface area contributed by atoms with Gasteiger partial charge in [-0.25, -0.2) is 0 Å². The predicted molar refractivity (Wildman–Crippen MR) is 84.0 cm³/mol. The number of benzene rings is 1. The molecule has 1 atom stereocenters. The maximum Gasteiger partial charge on any atom is 0.0671 e. The van der Waals surface area contributed by atoms with E-state index in [1.165, 1.54) is 43.5 Å². The van der Waals surface area contributed by atoms with Gasteiger partial charge in [0.2, 0.25) is 0 Å². The minimum absolute atomic E-state index is 0.509. The predicted octanol–water partition coefficient (Wildman–Crippen LogP) is 3.10. The summed E-state index contributed by atoms with van der Waals surface area (Å²) in [6.07, 6.45) is 4.50. The number of piperidine rings is 1. The Morgan fingerprint density at radius 1 is 1.40 bits per heavy atom. The average Bonchev–Trinajstić information content (AvgIpc) is 2.97. The van der Waals surface area contributed by atoms with Gasteiger partial charge in [-0.15, -0.1) is 0 Å². The maximum atomic E-state index is 4.13. The van der Waals surface area contributed by atoms with Crippen LogP contribution in [-0.2, 0) is 0 Å². The Labute approximate surface area is 120 Å². The lowest BCUT2D eigenvalue weighted by molar-refractivity contribution is 0.183. The van der Waals surface area contributed by atoms with Crippen LogP contribution in [0.25, 0.3) is 10.9 Å². The molecule has 1 unspecified atom stereocenters. The molecule has 1 aliphatic heterocycles. The minimum Gasteiger partial charge on any atom is -0.382 e. The lowest BCUT2D eigenvalue weighted by atomic mass is 9.90. The quantitative estimate of drug-likeness (QED) is 0.899. The number of likely N-dealkylation sites (tertiary alicyclic amines) is 1. The molecule has 0 radical (unpaired) electrons. The molecule has 2 aromatic rings. The second kappa shape index (κ2) is 5.83. The number of fused-ring (bicyclic) bond motifs is 1. The van der Waals surface area contributed by atoms with Crippen LogP contribution in [-0.4, -0.2) is 40.8 Å². The topological polar surface area (TPSA) is 44.0 Å². The van der Waals surface area contributed by atoms with Crippen molar-refractivity contribution in [3.8, 4) is 0 Å². The van der Waals surface area contributed by atoms with E-state index >= 15 is 0 Å². The molecule has 1 aromatic carbocycles. The number of nitrogens with one attached hydrogen (secondary N) is 2. The molecule has 0 aliphatic carbocycles. The van der Waals surface area contributed by atoms with Crippen molar-refractivity contribution < 1.29 is 0 Å². The Bertz CT molecular complexity index is 554. The van der Waals surface area contributed by atoms with E-state index in [9.17, 15) is 0 Å². The molecule has 4 heteroatoms. The van der Waals surface area contributed by atoms with Gasteiger partial charge >= 0.3 is 0 Å². The summed E-state index contributed by atoms with van der Waals surface area (Å²) in [6.45, 7) is 8.22. The van der Waals surface area contributed by atoms with E-state index in [4.69, 9.17) is 0 Å². The number of hydrogen-bond donors (Lipinski definition) is 2. The highest BCUT2D eigenvalue weighted by Gasteiger charge is 2.23.